The highest BCUT2D eigenvalue weighted by Crippen LogP contribution is 2.25. The second kappa shape index (κ2) is 12.0. The molecule has 1 fully saturated rings. The number of nitrogens with zero attached hydrogens (tertiary/aromatic N) is 4. The van der Waals surface area contributed by atoms with E-state index in [1.54, 1.807) is 36.4 Å². The van der Waals surface area contributed by atoms with E-state index >= 15 is 0 Å². The number of carbonyl (C=O) groups excluding carboxylic acids is 1. The van der Waals surface area contributed by atoms with Gasteiger partial charge in [-0.05, 0) is 56.3 Å². The summed E-state index contributed by atoms with van der Waals surface area (Å²) in [5, 5.41) is 4.13. The first kappa shape index (κ1) is 29.4. The molecule has 0 unspecified atom stereocenters. The van der Waals surface area contributed by atoms with Gasteiger partial charge in [-0.1, -0.05) is 54.6 Å². The van der Waals surface area contributed by atoms with Crippen LogP contribution >= 0.6 is 0 Å². The van der Waals surface area contributed by atoms with Crippen molar-refractivity contribution >= 4 is 32.2 Å². The second-order valence-electron chi connectivity index (χ2n) is 9.85. The summed E-state index contributed by atoms with van der Waals surface area (Å²) in [5.41, 5.74) is 6.09. The second-order valence-corrected chi connectivity index (χ2v) is 13.7. The average Bonchev–Trinajstić information content (AvgIpc) is 3.30. The van der Waals surface area contributed by atoms with E-state index in [1.165, 1.54) is 30.5 Å². The van der Waals surface area contributed by atoms with E-state index in [9.17, 15) is 21.6 Å². The minimum Gasteiger partial charge on any atom is -0.318 e. The van der Waals surface area contributed by atoms with E-state index in [2.05, 4.69) is 15.1 Å². The van der Waals surface area contributed by atoms with Gasteiger partial charge in [0.2, 0.25) is 20.0 Å². The summed E-state index contributed by atoms with van der Waals surface area (Å²) < 4.78 is 58.1. The van der Waals surface area contributed by atoms with Crippen LogP contribution in [0.1, 0.15) is 17.0 Å². The lowest BCUT2D eigenvalue weighted by molar-refractivity contribution is -0.125. The number of hydrogen-bond acceptors (Lipinski definition) is 6. The minimum absolute atomic E-state index is 0.0130. The SMILES string of the molecule is Cc1cc(/C=N\NC(=O)[C@H]2CN(S(=O)(=O)c3ccccc3)CCN2S(=O)(=O)c2ccccc2)c(C)n1-c1ccccc1. The number of amides is 1. The topological polar surface area (TPSA) is 121 Å². The van der Waals surface area contributed by atoms with Gasteiger partial charge >= 0.3 is 0 Å². The van der Waals surface area contributed by atoms with Gasteiger partial charge in [0.25, 0.3) is 5.91 Å². The number of hydrogen-bond donors (Lipinski definition) is 1. The molecule has 0 spiro atoms. The summed E-state index contributed by atoms with van der Waals surface area (Å²) in [6.07, 6.45) is 1.50. The van der Waals surface area contributed by atoms with Crippen LogP contribution in [0.15, 0.2) is 112 Å². The number of sulfonamides is 2. The van der Waals surface area contributed by atoms with Crippen LogP contribution in [0.25, 0.3) is 5.69 Å². The molecule has 3 aromatic carbocycles. The first-order valence-corrected chi connectivity index (χ1v) is 16.2. The van der Waals surface area contributed by atoms with Crippen molar-refractivity contribution in [3.63, 3.8) is 0 Å². The average molecular weight is 606 g/mol. The van der Waals surface area contributed by atoms with E-state index in [0.29, 0.717) is 0 Å². The third kappa shape index (κ3) is 5.79. The van der Waals surface area contributed by atoms with Crippen LogP contribution in [0.5, 0.6) is 0 Å². The Morgan fingerprint density at radius 1 is 0.810 bits per heavy atom. The molecular formula is C30H31N5O5S2. The van der Waals surface area contributed by atoms with Crippen LogP contribution in [0.4, 0.5) is 0 Å². The van der Waals surface area contributed by atoms with E-state index in [-0.39, 0.29) is 29.4 Å². The largest absolute Gasteiger partial charge is 0.318 e. The summed E-state index contributed by atoms with van der Waals surface area (Å²) in [4.78, 5) is 13.6. The molecule has 218 valence electrons. The maximum Gasteiger partial charge on any atom is 0.259 e. The predicted molar refractivity (Wildman–Crippen MR) is 160 cm³/mol. The number of hydrazone groups is 1. The first-order valence-electron chi connectivity index (χ1n) is 13.3. The Bertz CT molecular complexity index is 1810. The van der Waals surface area contributed by atoms with Crippen LogP contribution in [0.2, 0.25) is 0 Å². The Balaban J connectivity index is 1.42. The maximum absolute atomic E-state index is 13.6. The highest BCUT2D eigenvalue weighted by Gasteiger charge is 2.43. The maximum atomic E-state index is 13.6. The number of para-hydroxylation sites is 1. The molecule has 2 heterocycles. The summed E-state index contributed by atoms with van der Waals surface area (Å²) in [5.74, 6) is -0.740. The Labute approximate surface area is 246 Å². The molecule has 5 rings (SSSR count). The van der Waals surface area contributed by atoms with Gasteiger partial charge in [-0.3, -0.25) is 4.79 Å². The highest BCUT2D eigenvalue weighted by molar-refractivity contribution is 7.89. The van der Waals surface area contributed by atoms with Crippen molar-refractivity contribution in [1.82, 2.24) is 18.6 Å². The third-order valence-electron chi connectivity index (χ3n) is 7.19. The van der Waals surface area contributed by atoms with Crippen LogP contribution in [0, 0.1) is 13.8 Å². The fourth-order valence-corrected chi connectivity index (χ4v) is 8.11. The number of aryl methyl sites for hydroxylation is 1. The molecule has 4 aromatic rings. The zero-order valence-corrected chi connectivity index (χ0v) is 24.8. The van der Waals surface area contributed by atoms with E-state index in [4.69, 9.17) is 0 Å². The Hall–Kier alpha value is -4.10. The molecule has 1 aliphatic heterocycles. The van der Waals surface area contributed by atoms with E-state index in [1.807, 2.05) is 50.2 Å². The van der Waals surface area contributed by atoms with Gasteiger partial charge in [0.15, 0.2) is 0 Å². The fourth-order valence-electron chi connectivity index (χ4n) is 5.06. The van der Waals surface area contributed by atoms with Crippen molar-refractivity contribution in [3.05, 3.63) is 114 Å². The first-order chi connectivity index (χ1) is 20.1. The van der Waals surface area contributed by atoms with Crippen molar-refractivity contribution in [2.45, 2.75) is 29.7 Å². The molecule has 12 heteroatoms. The van der Waals surface area contributed by atoms with Crippen LogP contribution < -0.4 is 5.43 Å². The van der Waals surface area contributed by atoms with Crippen molar-refractivity contribution in [2.24, 2.45) is 5.10 Å². The fraction of sp³-hybridized carbons (Fsp3) is 0.200. The minimum atomic E-state index is -4.11. The lowest BCUT2D eigenvalue weighted by Crippen LogP contribution is -2.60. The van der Waals surface area contributed by atoms with E-state index < -0.39 is 32.0 Å². The Kier molecular flexibility index (Phi) is 8.41. The summed E-state index contributed by atoms with van der Waals surface area (Å²) in [6.45, 7) is 3.22. The van der Waals surface area contributed by atoms with Gasteiger partial charge in [0.05, 0.1) is 16.0 Å². The molecule has 1 aromatic heterocycles. The van der Waals surface area contributed by atoms with Crippen LogP contribution in [-0.2, 0) is 24.8 Å². The molecule has 10 nitrogen and oxygen atoms in total. The molecule has 0 aliphatic carbocycles. The molecule has 1 saturated heterocycles. The standard InChI is InChI=1S/C30H31N5O5S2/c1-23-20-25(24(2)35(23)26-12-6-3-7-13-26)21-31-32-30(36)29-22-33(41(37,38)27-14-8-4-9-15-27)18-19-34(29)42(39,40)28-16-10-5-11-17-28/h3-17,20-21,29H,18-19,22H2,1-2H3,(H,32,36)/b31-21-/t29-/m1/s1. The van der Waals surface area contributed by atoms with E-state index in [0.717, 1.165) is 31.2 Å². The molecule has 1 atom stereocenters. The summed E-state index contributed by atoms with van der Waals surface area (Å²) in [6, 6.07) is 26.0. The van der Waals surface area contributed by atoms with Gasteiger partial charge in [-0.15, -0.1) is 0 Å². The smallest absolute Gasteiger partial charge is 0.259 e. The van der Waals surface area contributed by atoms with Crippen LogP contribution in [0.3, 0.4) is 0 Å². The Morgan fingerprint density at radius 3 is 1.95 bits per heavy atom. The monoisotopic (exact) mass is 605 g/mol. The number of aromatic nitrogens is 1. The predicted octanol–water partition coefficient (Wildman–Crippen LogP) is 3.31. The zero-order valence-electron chi connectivity index (χ0n) is 23.2. The van der Waals surface area contributed by atoms with Crippen LogP contribution in [-0.4, -0.2) is 67.8 Å². The molecular weight excluding hydrogens is 574 g/mol. The van der Waals surface area contributed by atoms with Gasteiger partial charge in [0, 0.05) is 42.3 Å². The Morgan fingerprint density at radius 2 is 1.36 bits per heavy atom. The lowest BCUT2D eigenvalue weighted by atomic mass is 10.2. The van der Waals surface area contributed by atoms with Gasteiger partial charge < -0.3 is 4.57 Å². The third-order valence-corrected chi connectivity index (χ3v) is 11.0. The number of rotatable bonds is 8. The molecule has 0 saturated carbocycles. The molecule has 0 bridgehead atoms. The van der Waals surface area contributed by atoms with Crippen molar-refractivity contribution in [1.29, 1.82) is 0 Å². The highest BCUT2D eigenvalue weighted by atomic mass is 32.2. The number of nitrogens with one attached hydrogen (secondary N) is 1. The quantitative estimate of drug-likeness (QED) is 0.244. The number of carbonyl (C=O) groups is 1. The molecule has 1 amide bonds. The normalized spacial score (nSPS) is 17.0. The molecule has 1 N–H and O–H groups in total. The van der Waals surface area contributed by atoms with Crippen molar-refractivity contribution in [2.75, 3.05) is 19.6 Å². The number of piperazine rings is 1. The molecule has 1 aliphatic rings. The molecule has 0 radical (unpaired) electrons. The summed E-state index contributed by atoms with van der Waals surface area (Å²) >= 11 is 0. The zero-order chi connectivity index (χ0) is 29.9. The number of benzene rings is 3. The van der Waals surface area contributed by atoms with Gasteiger partial charge in [-0.2, -0.15) is 13.7 Å². The molecule has 42 heavy (non-hydrogen) atoms. The van der Waals surface area contributed by atoms with Gasteiger partial charge in [-0.25, -0.2) is 22.3 Å². The van der Waals surface area contributed by atoms with Crippen molar-refractivity contribution < 1.29 is 21.6 Å². The van der Waals surface area contributed by atoms with Crippen molar-refractivity contribution in [3.8, 4) is 5.69 Å². The van der Waals surface area contributed by atoms with Gasteiger partial charge in [0.1, 0.15) is 6.04 Å². The summed E-state index contributed by atoms with van der Waals surface area (Å²) in [7, 11) is -8.08. The lowest BCUT2D eigenvalue weighted by Gasteiger charge is -2.38.